The fraction of sp³-hybridized carbons (Fsp3) is 0.0588. The molecule has 0 saturated carbocycles. The van der Waals surface area contributed by atoms with E-state index in [1.807, 2.05) is 0 Å². The predicted octanol–water partition coefficient (Wildman–Crippen LogP) is 3.97. The largest absolute Gasteiger partial charge is 0.416 e. The summed E-state index contributed by atoms with van der Waals surface area (Å²) in [6, 6.07) is 10.9. The van der Waals surface area contributed by atoms with Crippen LogP contribution in [0.3, 0.4) is 0 Å². The molecule has 1 heterocycles. The molecule has 3 rings (SSSR count). The van der Waals surface area contributed by atoms with Gasteiger partial charge in [-0.1, -0.05) is 24.3 Å². The van der Waals surface area contributed by atoms with Crippen molar-refractivity contribution < 1.29 is 22.8 Å². The van der Waals surface area contributed by atoms with Crippen molar-refractivity contribution in [2.24, 2.45) is 0 Å². The zero-order valence-electron chi connectivity index (χ0n) is 11.7. The average molecular weight is 317 g/mol. The molecule has 2 aromatic carbocycles. The second-order valence-corrected chi connectivity index (χ2v) is 4.96. The minimum Gasteiger partial charge on any atom is -0.268 e. The maximum atomic E-state index is 12.5. The smallest absolute Gasteiger partial charge is 0.268 e. The van der Waals surface area contributed by atoms with Crippen molar-refractivity contribution >= 4 is 17.9 Å². The van der Waals surface area contributed by atoms with Crippen LogP contribution in [-0.4, -0.2) is 16.7 Å². The topological polar surface area (TPSA) is 37.4 Å². The number of carbonyl (C=O) groups excluding carboxylic acids is 2. The van der Waals surface area contributed by atoms with Crippen LogP contribution in [0.5, 0.6) is 0 Å². The second kappa shape index (κ2) is 5.39. The lowest BCUT2D eigenvalue weighted by Gasteiger charge is -2.08. The van der Waals surface area contributed by atoms with Gasteiger partial charge in [0.1, 0.15) is 0 Å². The predicted molar refractivity (Wildman–Crippen MR) is 77.4 cm³/mol. The van der Waals surface area contributed by atoms with Crippen LogP contribution in [0, 0.1) is 0 Å². The first-order chi connectivity index (χ1) is 10.9. The Morgan fingerprint density at radius 1 is 0.826 bits per heavy atom. The number of benzene rings is 2. The third-order valence-electron chi connectivity index (χ3n) is 3.48. The Balaban J connectivity index is 1.82. The molecule has 1 aliphatic heterocycles. The summed E-state index contributed by atoms with van der Waals surface area (Å²) < 4.78 is 37.5. The molecule has 0 N–H and O–H groups in total. The van der Waals surface area contributed by atoms with E-state index >= 15 is 0 Å². The van der Waals surface area contributed by atoms with Crippen LogP contribution in [-0.2, 0) is 6.18 Å². The minimum atomic E-state index is -4.40. The van der Waals surface area contributed by atoms with Crippen LogP contribution in [0.1, 0.15) is 31.8 Å². The number of imide groups is 1. The summed E-state index contributed by atoms with van der Waals surface area (Å²) in [7, 11) is 0. The van der Waals surface area contributed by atoms with Crippen molar-refractivity contribution in [2.45, 2.75) is 6.18 Å². The Labute approximate surface area is 129 Å². The number of hydrogen-bond acceptors (Lipinski definition) is 2. The zero-order chi connectivity index (χ0) is 16.6. The molecule has 0 spiro atoms. The standard InChI is InChI=1S/C17H10F3NO2/c18-17(19,20)12-7-5-11(6-8-12)9-10-21-15(22)13-3-1-2-4-14(13)16(21)23/h1-10H/b10-9+. The van der Waals surface area contributed by atoms with Gasteiger partial charge in [0.05, 0.1) is 16.7 Å². The van der Waals surface area contributed by atoms with E-state index in [1.54, 1.807) is 24.3 Å². The van der Waals surface area contributed by atoms with Gasteiger partial charge in [-0.25, -0.2) is 4.90 Å². The summed E-state index contributed by atoms with van der Waals surface area (Å²) in [6.07, 6.45) is -1.71. The highest BCUT2D eigenvalue weighted by Gasteiger charge is 2.33. The molecule has 0 aromatic heterocycles. The van der Waals surface area contributed by atoms with Crippen LogP contribution in [0.4, 0.5) is 13.2 Å². The molecule has 2 amide bonds. The fourth-order valence-corrected chi connectivity index (χ4v) is 2.29. The summed E-state index contributed by atoms with van der Waals surface area (Å²) in [5.74, 6) is -0.900. The van der Waals surface area contributed by atoms with Crippen molar-refractivity contribution in [1.82, 2.24) is 4.90 Å². The molecule has 0 unspecified atom stereocenters. The molecule has 6 heteroatoms. The molecule has 0 saturated heterocycles. The van der Waals surface area contributed by atoms with Crippen molar-refractivity contribution in [3.05, 3.63) is 77.0 Å². The van der Waals surface area contributed by atoms with Gasteiger partial charge in [-0.3, -0.25) is 9.59 Å². The molecule has 0 radical (unpaired) electrons. The van der Waals surface area contributed by atoms with Crippen molar-refractivity contribution in [1.29, 1.82) is 0 Å². The van der Waals surface area contributed by atoms with Crippen LogP contribution >= 0.6 is 0 Å². The summed E-state index contributed by atoms with van der Waals surface area (Å²) >= 11 is 0. The molecule has 1 aliphatic rings. The second-order valence-electron chi connectivity index (χ2n) is 4.96. The molecule has 23 heavy (non-hydrogen) atoms. The summed E-state index contributed by atoms with van der Waals surface area (Å²) in [5.41, 5.74) is 0.328. The fourth-order valence-electron chi connectivity index (χ4n) is 2.29. The monoisotopic (exact) mass is 317 g/mol. The zero-order valence-corrected chi connectivity index (χ0v) is 11.7. The molecule has 0 fully saturated rings. The first-order valence-electron chi connectivity index (χ1n) is 6.70. The molecule has 3 nitrogen and oxygen atoms in total. The lowest BCUT2D eigenvalue weighted by Crippen LogP contribution is -2.23. The van der Waals surface area contributed by atoms with Gasteiger partial charge in [0.2, 0.25) is 0 Å². The van der Waals surface area contributed by atoms with Gasteiger partial charge >= 0.3 is 6.18 Å². The SMILES string of the molecule is O=C1c2ccccc2C(=O)N1/C=C/c1ccc(C(F)(F)F)cc1. The van der Waals surface area contributed by atoms with E-state index in [9.17, 15) is 22.8 Å². The Bertz CT molecular complexity index is 772. The number of nitrogens with zero attached hydrogens (tertiary/aromatic N) is 1. The number of rotatable bonds is 2. The Hall–Kier alpha value is -2.89. The highest BCUT2D eigenvalue weighted by Crippen LogP contribution is 2.29. The molecular formula is C17H10F3NO2. The van der Waals surface area contributed by atoms with E-state index in [4.69, 9.17) is 0 Å². The van der Waals surface area contributed by atoms with E-state index in [0.717, 1.165) is 17.0 Å². The van der Waals surface area contributed by atoms with E-state index in [1.165, 1.54) is 24.4 Å². The molecule has 0 atom stereocenters. The first-order valence-corrected chi connectivity index (χ1v) is 6.70. The number of halogens is 3. The van der Waals surface area contributed by atoms with Crippen molar-refractivity contribution in [3.8, 4) is 0 Å². The van der Waals surface area contributed by atoms with E-state index < -0.39 is 23.6 Å². The average Bonchev–Trinajstić information content (AvgIpc) is 2.77. The van der Waals surface area contributed by atoms with Gasteiger partial charge in [0.25, 0.3) is 11.8 Å². The van der Waals surface area contributed by atoms with Crippen LogP contribution < -0.4 is 0 Å². The maximum Gasteiger partial charge on any atom is 0.416 e. The summed E-state index contributed by atoms with van der Waals surface area (Å²) in [4.78, 5) is 25.2. The van der Waals surface area contributed by atoms with Gasteiger partial charge in [-0.15, -0.1) is 0 Å². The van der Waals surface area contributed by atoms with Crippen LogP contribution in [0.15, 0.2) is 54.7 Å². The van der Waals surface area contributed by atoms with Crippen LogP contribution in [0.2, 0.25) is 0 Å². The van der Waals surface area contributed by atoms with Crippen molar-refractivity contribution in [3.63, 3.8) is 0 Å². The molecule has 2 aromatic rings. The summed E-state index contributed by atoms with van der Waals surface area (Å²) in [6.45, 7) is 0. The molecule has 0 bridgehead atoms. The Morgan fingerprint density at radius 2 is 1.35 bits per heavy atom. The number of alkyl halides is 3. The number of hydrogen-bond donors (Lipinski definition) is 0. The third kappa shape index (κ3) is 2.75. The van der Waals surface area contributed by atoms with Gasteiger partial charge in [0.15, 0.2) is 0 Å². The first kappa shape index (κ1) is 15.0. The van der Waals surface area contributed by atoms with E-state index in [-0.39, 0.29) is 0 Å². The number of amides is 2. The van der Waals surface area contributed by atoms with Gasteiger partial charge < -0.3 is 0 Å². The third-order valence-corrected chi connectivity index (χ3v) is 3.48. The van der Waals surface area contributed by atoms with Crippen molar-refractivity contribution in [2.75, 3.05) is 0 Å². The highest BCUT2D eigenvalue weighted by molar-refractivity contribution is 6.22. The minimum absolute atomic E-state index is 0.314. The van der Waals surface area contributed by atoms with Gasteiger partial charge in [0, 0.05) is 6.20 Å². The van der Waals surface area contributed by atoms with E-state index in [2.05, 4.69) is 0 Å². The summed E-state index contributed by atoms with van der Waals surface area (Å²) in [5, 5.41) is 0. The molecular weight excluding hydrogens is 307 g/mol. The molecule has 116 valence electrons. The van der Waals surface area contributed by atoms with Crippen LogP contribution in [0.25, 0.3) is 6.08 Å². The van der Waals surface area contributed by atoms with E-state index in [0.29, 0.717) is 16.7 Å². The quantitative estimate of drug-likeness (QED) is 0.786. The Kier molecular flexibility index (Phi) is 3.52. The number of carbonyl (C=O) groups is 2. The van der Waals surface area contributed by atoms with Gasteiger partial charge in [-0.2, -0.15) is 13.2 Å². The Morgan fingerprint density at radius 3 is 1.83 bits per heavy atom. The van der Waals surface area contributed by atoms with Gasteiger partial charge in [-0.05, 0) is 35.9 Å². The maximum absolute atomic E-state index is 12.5. The lowest BCUT2D eigenvalue weighted by molar-refractivity contribution is -0.137. The molecule has 0 aliphatic carbocycles. The number of fused-ring (bicyclic) bond motifs is 1. The highest BCUT2D eigenvalue weighted by atomic mass is 19.4. The normalized spacial score (nSPS) is 14.7. The lowest BCUT2D eigenvalue weighted by atomic mass is 10.1.